The largest absolute Gasteiger partial charge is 0.369 e. The lowest BCUT2D eigenvalue weighted by Crippen LogP contribution is -2.56. The molecule has 2 rings (SSSR count). The molecule has 3 amide bonds. The van der Waals surface area contributed by atoms with Crippen molar-refractivity contribution in [1.29, 1.82) is 0 Å². The molecule has 0 aliphatic carbocycles. The van der Waals surface area contributed by atoms with Gasteiger partial charge in [-0.15, -0.1) is 0 Å². The van der Waals surface area contributed by atoms with Gasteiger partial charge in [-0.3, -0.25) is 9.80 Å². The third kappa shape index (κ3) is 2.75. The second-order valence-corrected chi connectivity index (χ2v) is 5.48. The molecule has 1 heterocycles. The van der Waals surface area contributed by atoms with Crippen molar-refractivity contribution in [3.63, 3.8) is 0 Å². The number of hydrazine groups is 1. The Hall–Kier alpha value is -2.08. The monoisotopic (exact) mass is 276 g/mol. The summed E-state index contributed by atoms with van der Waals surface area (Å²) in [7, 11) is 0. The van der Waals surface area contributed by atoms with Gasteiger partial charge >= 0.3 is 6.03 Å². The Balaban J connectivity index is 2.29. The number of nitrogens with one attached hydrogen (secondary N) is 2. The van der Waals surface area contributed by atoms with Crippen molar-refractivity contribution < 1.29 is 9.59 Å². The molecule has 0 spiro atoms. The van der Waals surface area contributed by atoms with Crippen LogP contribution in [0.25, 0.3) is 0 Å². The molecule has 6 heteroatoms. The van der Waals surface area contributed by atoms with Crippen LogP contribution in [0.3, 0.4) is 0 Å². The van der Waals surface area contributed by atoms with Crippen LogP contribution in [0.1, 0.15) is 19.4 Å². The molecule has 20 heavy (non-hydrogen) atoms. The molecule has 1 fully saturated rings. The molecule has 1 aromatic rings. The van der Waals surface area contributed by atoms with Gasteiger partial charge in [0.25, 0.3) is 0 Å². The van der Waals surface area contributed by atoms with E-state index in [1.165, 1.54) is 5.01 Å². The average molecular weight is 276 g/mol. The number of urea groups is 1. The van der Waals surface area contributed by atoms with Crippen molar-refractivity contribution in [2.75, 3.05) is 6.67 Å². The lowest BCUT2D eigenvalue weighted by Gasteiger charge is -2.37. The van der Waals surface area contributed by atoms with Crippen molar-refractivity contribution in [3.8, 4) is 0 Å². The van der Waals surface area contributed by atoms with Crippen LogP contribution in [0.2, 0.25) is 0 Å². The fourth-order valence-electron chi connectivity index (χ4n) is 2.28. The molecular weight excluding hydrogens is 256 g/mol. The van der Waals surface area contributed by atoms with Crippen molar-refractivity contribution in [2.45, 2.75) is 26.3 Å². The quantitative estimate of drug-likeness (QED) is 0.736. The molecule has 1 atom stereocenters. The summed E-state index contributed by atoms with van der Waals surface area (Å²) in [5.41, 5.74) is 8.67. The van der Waals surface area contributed by atoms with E-state index in [-0.39, 0.29) is 12.1 Å². The Kier molecular flexibility index (Phi) is 3.94. The molecule has 4 N–H and O–H groups in total. The lowest BCUT2D eigenvalue weighted by molar-refractivity contribution is -0.129. The minimum absolute atomic E-state index is 0.236. The molecule has 0 saturated carbocycles. The van der Waals surface area contributed by atoms with Crippen LogP contribution in [-0.2, 0) is 11.2 Å². The number of hydrogen-bond donors (Lipinski definition) is 3. The van der Waals surface area contributed by atoms with Gasteiger partial charge in [-0.1, -0.05) is 30.3 Å². The number of hydrogen-bond acceptors (Lipinski definition) is 3. The minimum Gasteiger partial charge on any atom is -0.369 e. The van der Waals surface area contributed by atoms with Crippen LogP contribution >= 0.6 is 0 Å². The first-order valence-electron chi connectivity index (χ1n) is 6.57. The van der Waals surface area contributed by atoms with Crippen LogP contribution in [0.5, 0.6) is 0 Å². The number of carbonyl (C=O) groups is 2. The Morgan fingerprint density at radius 2 is 2.05 bits per heavy atom. The Labute approximate surface area is 118 Å². The van der Waals surface area contributed by atoms with Crippen molar-refractivity contribution in [1.82, 2.24) is 15.8 Å². The summed E-state index contributed by atoms with van der Waals surface area (Å²) < 4.78 is 0. The predicted molar refractivity (Wildman–Crippen MR) is 75.3 cm³/mol. The molecule has 6 nitrogen and oxygen atoms in total. The maximum absolute atomic E-state index is 11.9. The third-order valence-corrected chi connectivity index (χ3v) is 3.76. The van der Waals surface area contributed by atoms with Crippen LogP contribution in [0.4, 0.5) is 4.79 Å². The molecule has 1 aliphatic heterocycles. The summed E-state index contributed by atoms with van der Waals surface area (Å²) in [6.07, 6.45) is 0.553. The summed E-state index contributed by atoms with van der Waals surface area (Å²) in [4.78, 5) is 23.6. The predicted octanol–water partition coefficient (Wildman–Crippen LogP) is 0.597. The number of nitrogens with zero attached hydrogens (tertiary/aromatic N) is 1. The second-order valence-electron chi connectivity index (χ2n) is 5.48. The number of amides is 3. The van der Waals surface area contributed by atoms with Crippen LogP contribution < -0.4 is 16.5 Å². The maximum Gasteiger partial charge on any atom is 0.333 e. The number of nitrogens with two attached hydrogens (primary N) is 1. The second kappa shape index (κ2) is 5.50. The van der Waals surface area contributed by atoms with E-state index in [4.69, 9.17) is 5.73 Å². The van der Waals surface area contributed by atoms with E-state index in [0.29, 0.717) is 13.1 Å². The van der Waals surface area contributed by atoms with Gasteiger partial charge in [-0.05, 0) is 25.8 Å². The highest BCUT2D eigenvalue weighted by atomic mass is 16.2. The molecule has 108 valence electrons. The summed E-state index contributed by atoms with van der Waals surface area (Å²) in [6, 6.07) is 9.14. The number of rotatable bonds is 5. The number of primary amides is 1. The van der Waals surface area contributed by atoms with Gasteiger partial charge in [0.2, 0.25) is 5.91 Å². The standard InChI is InChI=1S/C14H20N4O2/c1-14(2,12(15)19)11(18-13(20)16-9-17-18)8-10-6-4-3-5-7-10/h3-7,11,17H,8-9H2,1-2H3,(H2,15,19)(H,16,20). The molecule has 0 radical (unpaired) electrons. The van der Waals surface area contributed by atoms with Crippen LogP contribution in [0, 0.1) is 5.41 Å². The summed E-state index contributed by atoms with van der Waals surface area (Å²) >= 11 is 0. The topological polar surface area (TPSA) is 87.5 Å². The van der Waals surface area contributed by atoms with Gasteiger partial charge in [0.1, 0.15) is 0 Å². The fraction of sp³-hybridized carbons (Fsp3) is 0.429. The van der Waals surface area contributed by atoms with Gasteiger partial charge < -0.3 is 11.1 Å². The SMILES string of the molecule is CC(C)(C(N)=O)C(Cc1ccccc1)N1NCNC1=O. The zero-order valence-corrected chi connectivity index (χ0v) is 11.7. The van der Waals surface area contributed by atoms with E-state index >= 15 is 0 Å². The Morgan fingerprint density at radius 3 is 2.55 bits per heavy atom. The van der Waals surface area contributed by atoms with Gasteiger partial charge in [0, 0.05) is 0 Å². The molecule has 1 aliphatic rings. The van der Waals surface area contributed by atoms with E-state index in [0.717, 1.165) is 5.56 Å². The molecule has 1 unspecified atom stereocenters. The van der Waals surface area contributed by atoms with Crippen molar-refractivity contribution >= 4 is 11.9 Å². The van der Waals surface area contributed by atoms with E-state index in [1.807, 2.05) is 30.3 Å². The van der Waals surface area contributed by atoms with E-state index < -0.39 is 11.3 Å². The molecule has 0 aromatic heterocycles. The third-order valence-electron chi connectivity index (χ3n) is 3.76. The Morgan fingerprint density at radius 1 is 1.40 bits per heavy atom. The summed E-state index contributed by atoms with van der Waals surface area (Å²) in [5, 5.41) is 4.14. The maximum atomic E-state index is 11.9. The fourth-order valence-corrected chi connectivity index (χ4v) is 2.28. The highest BCUT2D eigenvalue weighted by Gasteiger charge is 2.42. The molecular formula is C14H20N4O2. The first-order valence-corrected chi connectivity index (χ1v) is 6.57. The number of benzene rings is 1. The van der Waals surface area contributed by atoms with Crippen molar-refractivity contribution in [2.24, 2.45) is 11.1 Å². The highest BCUT2D eigenvalue weighted by molar-refractivity contribution is 5.83. The van der Waals surface area contributed by atoms with E-state index in [9.17, 15) is 9.59 Å². The highest BCUT2D eigenvalue weighted by Crippen LogP contribution is 2.28. The van der Waals surface area contributed by atoms with Crippen LogP contribution in [-0.4, -0.2) is 29.7 Å². The van der Waals surface area contributed by atoms with E-state index in [2.05, 4.69) is 10.7 Å². The summed E-state index contributed by atoms with van der Waals surface area (Å²) in [6.45, 7) is 3.88. The first kappa shape index (κ1) is 14.3. The normalized spacial score (nSPS) is 16.9. The molecule has 1 saturated heterocycles. The minimum atomic E-state index is -0.843. The van der Waals surface area contributed by atoms with Crippen LogP contribution in [0.15, 0.2) is 30.3 Å². The van der Waals surface area contributed by atoms with E-state index in [1.54, 1.807) is 13.8 Å². The van der Waals surface area contributed by atoms with Crippen molar-refractivity contribution in [3.05, 3.63) is 35.9 Å². The molecule has 1 aromatic carbocycles. The lowest BCUT2D eigenvalue weighted by atomic mass is 9.80. The molecule has 0 bridgehead atoms. The Bertz CT molecular complexity index is 501. The van der Waals surface area contributed by atoms with Gasteiger partial charge in [-0.25, -0.2) is 10.2 Å². The van der Waals surface area contributed by atoms with Gasteiger partial charge in [0.15, 0.2) is 0 Å². The zero-order chi connectivity index (χ0) is 14.8. The first-order chi connectivity index (χ1) is 9.43. The van der Waals surface area contributed by atoms with Gasteiger partial charge in [0.05, 0.1) is 18.1 Å². The average Bonchev–Trinajstić information content (AvgIpc) is 2.83. The zero-order valence-electron chi connectivity index (χ0n) is 11.7. The summed E-state index contributed by atoms with van der Waals surface area (Å²) in [5.74, 6) is -0.431. The van der Waals surface area contributed by atoms with Gasteiger partial charge in [-0.2, -0.15) is 0 Å². The smallest absolute Gasteiger partial charge is 0.333 e. The number of carbonyl (C=O) groups excluding carboxylic acids is 2.